The van der Waals surface area contributed by atoms with Gasteiger partial charge >= 0.3 is 0 Å². The highest BCUT2D eigenvalue weighted by Crippen LogP contribution is 2.41. The molecule has 0 radical (unpaired) electrons. The molecule has 0 aliphatic rings. The number of aromatic hydroxyl groups is 2. The average molecular weight is 509 g/mol. The third kappa shape index (κ3) is 9.08. The Kier molecular flexibility index (Phi) is 13.6. The summed E-state index contributed by atoms with van der Waals surface area (Å²) in [5, 5.41) is 21.9. The largest absolute Gasteiger partial charge is 0.508 e. The van der Waals surface area contributed by atoms with Crippen molar-refractivity contribution in [2.24, 2.45) is 0 Å². The van der Waals surface area contributed by atoms with E-state index >= 15 is 0 Å². The number of phenols is 2. The number of aryl methyl sites for hydroxylation is 4. The van der Waals surface area contributed by atoms with E-state index in [0.29, 0.717) is 11.5 Å². The van der Waals surface area contributed by atoms with E-state index in [1.165, 1.54) is 73.6 Å². The molecule has 0 spiro atoms. The van der Waals surface area contributed by atoms with Gasteiger partial charge in [-0.3, -0.25) is 0 Å². The highest BCUT2D eigenvalue weighted by atomic mass is 16.3. The van der Waals surface area contributed by atoms with Gasteiger partial charge in [0.1, 0.15) is 11.5 Å². The summed E-state index contributed by atoms with van der Waals surface area (Å²) < 4.78 is 0. The van der Waals surface area contributed by atoms with Gasteiger partial charge < -0.3 is 10.2 Å². The van der Waals surface area contributed by atoms with Crippen LogP contribution in [0.4, 0.5) is 0 Å². The third-order valence-electron chi connectivity index (χ3n) is 8.15. The van der Waals surface area contributed by atoms with E-state index < -0.39 is 0 Å². The number of rotatable bonds is 18. The molecule has 2 aromatic rings. The van der Waals surface area contributed by atoms with Crippen molar-refractivity contribution in [3.8, 4) is 11.5 Å². The zero-order chi connectivity index (χ0) is 27.3. The topological polar surface area (TPSA) is 40.5 Å². The third-order valence-corrected chi connectivity index (χ3v) is 8.15. The first-order valence-electron chi connectivity index (χ1n) is 15.5. The van der Waals surface area contributed by atoms with Crippen molar-refractivity contribution in [1.82, 2.24) is 0 Å². The van der Waals surface area contributed by atoms with Gasteiger partial charge in [0.15, 0.2) is 0 Å². The van der Waals surface area contributed by atoms with Crippen LogP contribution in [0.1, 0.15) is 152 Å². The second kappa shape index (κ2) is 16.1. The maximum atomic E-state index is 11.0. The van der Waals surface area contributed by atoms with E-state index in [1.807, 2.05) is 0 Å². The summed E-state index contributed by atoms with van der Waals surface area (Å²) in [5.74, 6) is 0.938. The SMILES string of the molecule is CCCCCc1cc(C(C)(C)c2cc(CCCCC)c(O)cc2CCCCC)c(CCCCC)cc1O. The van der Waals surface area contributed by atoms with E-state index in [1.54, 1.807) is 0 Å². The van der Waals surface area contributed by atoms with Crippen molar-refractivity contribution in [3.05, 3.63) is 57.6 Å². The molecule has 0 atom stereocenters. The van der Waals surface area contributed by atoms with Gasteiger partial charge in [-0.1, -0.05) is 105 Å². The minimum Gasteiger partial charge on any atom is -0.508 e. The van der Waals surface area contributed by atoms with Crippen LogP contribution in [0.5, 0.6) is 11.5 Å². The predicted octanol–water partition coefficient (Wildman–Crippen LogP) is 10.4. The van der Waals surface area contributed by atoms with Crippen molar-refractivity contribution in [3.63, 3.8) is 0 Å². The van der Waals surface area contributed by atoms with Crippen LogP contribution in [0.25, 0.3) is 0 Å². The lowest BCUT2D eigenvalue weighted by Gasteiger charge is -2.33. The summed E-state index contributed by atoms with van der Waals surface area (Å²) in [4.78, 5) is 0. The molecule has 0 aromatic heterocycles. The summed E-state index contributed by atoms with van der Waals surface area (Å²) >= 11 is 0. The summed E-state index contributed by atoms with van der Waals surface area (Å²) in [5.41, 5.74) is 7.26. The van der Waals surface area contributed by atoms with E-state index in [0.717, 1.165) is 62.5 Å². The van der Waals surface area contributed by atoms with E-state index in [4.69, 9.17) is 0 Å². The summed E-state index contributed by atoms with van der Waals surface area (Å²) in [6.07, 6.45) is 17.9. The van der Waals surface area contributed by atoms with Crippen LogP contribution in [-0.4, -0.2) is 10.2 Å². The maximum absolute atomic E-state index is 11.0. The molecule has 0 bridgehead atoms. The molecule has 2 N–H and O–H groups in total. The molecule has 2 nitrogen and oxygen atoms in total. The average Bonchev–Trinajstić information content (AvgIpc) is 2.86. The first kappa shape index (κ1) is 31.3. The minimum atomic E-state index is -0.205. The van der Waals surface area contributed by atoms with Crippen LogP contribution in [0.15, 0.2) is 24.3 Å². The zero-order valence-electron chi connectivity index (χ0n) is 25.0. The van der Waals surface area contributed by atoms with Gasteiger partial charge in [-0.15, -0.1) is 0 Å². The molecule has 0 aliphatic heterocycles. The smallest absolute Gasteiger partial charge is 0.119 e. The van der Waals surface area contributed by atoms with Gasteiger partial charge in [-0.2, -0.15) is 0 Å². The van der Waals surface area contributed by atoms with Gasteiger partial charge in [-0.25, -0.2) is 0 Å². The Labute approximate surface area is 228 Å². The van der Waals surface area contributed by atoms with E-state index in [9.17, 15) is 10.2 Å². The molecule has 2 aromatic carbocycles. The fourth-order valence-corrected chi connectivity index (χ4v) is 5.74. The predicted molar refractivity (Wildman–Crippen MR) is 161 cm³/mol. The summed E-state index contributed by atoms with van der Waals surface area (Å²) in [6, 6.07) is 8.80. The minimum absolute atomic E-state index is 0.205. The number of hydrogen-bond acceptors (Lipinski definition) is 2. The molecule has 37 heavy (non-hydrogen) atoms. The van der Waals surface area contributed by atoms with Crippen LogP contribution < -0.4 is 0 Å². The second-order valence-corrected chi connectivity index (χ2v) is 11.7. The number of phenolic OH excluding ortho intramolecular Hbond substituents is 2. The molecule has 0 saturated heterocycles. The molecule has 0 fully saturated rings. The first-order valence-corrected chi connectivity index (χ1v) is 15.5. The monoisotopic (exact) mass is 508 g/mol. The Morgan fingerprint density at radius 2 is 0.757 bits per heavy atom. The quantitative estimate of drug-likeness (QED) is 0.197. The highest BCUT2D eigenvalue weighted by Gasteiger charge is 2.30. The molecule has 0 aliphatic carbocycles. The Morgan fingerprint density at radius 1 is 0.459 bits per heavy atom. The van der Waals surface area contributed by atoms with Gasteiger partial charge in [0.25, 0.3) is 0 Å². The lowest BCUT2D eigenvalue weighted by Crippen LogP contribution is -2.24. The molecule has 0 saturated carbocycles. The van der Waals surface area contributed by atoms with Crippen LogP contribution in [0, 0.1) is 0 Å². The Morgan fingerprint density at radius 3 is 1.05 bits per heavy atom. The number of benzene rings is 2. The molecule has 0 heterocycles. The van der Waals surface area contributed by atoms with Crippen molar-refractivity contribution < 1.29 is 10.2 Å². The Balaban J connectivity index is 2.62. The second-order valence-electron chi connectivity index (χ2n) is 11.7. The van der Waals surface area contributed by atoms with Crippen LogP contribution in [0.3, 0.4) is 0 Å². The van der Waals surface area contributed by atoms with E-state index in [2.05, 4.69) is 65.8 Å². The van der Waals surface area contributed by atoms with Crippen molar-refractivity contribution in [2.75, 3.05) is 0 Å². The summed E-state index contributed by atoms with van der Waals surface area (Å²) in [6.45, 7) is 13.7. The van der Waals surface area contributed by atoms with Gasteiger partial charge in [-0.05, 0) is 96.9 Å². The first-order chi connectivity index (χ1) is 17.8. The molecular formula is C35H56O2. The normalized spacial score (nSPS) is 11.8. The Hall–Kier alpha value is -1.96. The highest BCUT2D eigenvalue weighted by molar-refractivity contribution is 5.53. The standard InChI is InChI=1S/C35H56O2/c1-7-11-15-19-27-25-33(36)29(21-17-13-9-3)23-31(27)35(5,6)32-24-30(22-18-14-10-4)34(37)26-28(32)20-16-12-8-2/h23-26,36-37H,7-22H2,1-6H3. The number of unbranched alkanes of at least 4 members (excludes halogenated alkanes) is 8. The summed E-state index contributed by atoms with van der Waals surface area (Å²) in [7, 11) is 0. The fraction of sp³-hybridized carbons (Fsp3) is 0.657. The Bertz CT molecular complexity index is 865. The van der Waals surface area contributed by atoms with Crippen LogP contribution in [-0.2, 0) is 31.1 Å². The fourth-order valence-electron chi connectivity index (χ4n) is 5.74. The molecule has 208 valence electrons. The van der Waals surface area contributed by atoms with Crippen LogP contribution >= 0.6 is 0 Å². The molecular weight excluding hydrogens is 452 g/mol. The molecule has 0 amide bonds. The maximum Gasteiger partial charge on any atom is 0.119 e. The zero-order valence-corrected chi connectivity index (χ0v) is 25.0. The molecule has 2 rings (SSSR count). The van der Waals surface area contributed by atoms with Crippen molar-refractivity contribution in [1.29, 1.82) is 0 Å². The van der Waals surface area contributed by atoms with Crippen molar-refractivity contribution >= 4 is 0 Å². The van der Waals surface area contributed by atoms with Crippen LogP contribution in [0.2, 0.25) is 0 Å². The number of hydrogen-bond donors (Lipinski definition) is 2. The van der Waals surface area contributed by atoms with Gasteiger partial charge in [0.05, 0.1) is 0 Å². The van der Waals surface area contributed by atoms with E-state index in [-0.39, 0.29) is 5.41 Å². The lowest BCUT2D eigenvalue weighted by atomic mass is 9.71. The lowest BCUT2D eigenvalue weighted by molar-refractivity contribution is 0.462. The molecule has 0 unspecified atom stereocenters. The molecule has 2 heteroatoms. The van der Waals surface area contributed by atoms with Gasteiger partial charge in [0.2, 0.25) is 0 Å². The van der Waals surface area contributed by atoms with Crippen molar-refractivity contribution in [2.45, 2.75) is 150 Å². The van der Waals surface area contributed by atoms with Gasteiger partial charge in [0, 0.05) is 5.41 Å².